The molecule has 0 fully saturated rings. The van der Waals surface area contributed by atoms with Crippen LogP contribution in [0.25, 0.3) is 0 Å². The minimum atomic E-state index is 0.220. The molecule has 0 bridgehead atoms. The molecule has 0 amide bonds. The van der Waals surface area contributed by atoms with Crippen LogP contribution in [0.15, 0.2) is 34.9 Å². The van der Waals surface area contributed by atoms with Crippen LogP contribution in [-0.4, -0.2) is 6.54 Å². The van der Waals surface area contributed by atoms with Crippen molar-refractivity contribution in [2.24, 2.45) is 0 Å². The lowest BCUT2D eigenvalue weighted by Gasteiger charge is -2.20. The summed E-state index contributed by atoms with van der Waals surface area (Å²) < 4.78 is 5.47. The van der Waals surface area contributed by atoms with Gasteiger partial charge in [-0.2, -0.15) is 0 Å². The van der Waals surface area contributed by atoms with Crippen LogP contribution in [0.5, 0.6) is 0 Å². The number of hydrogen-bond donors (Lipinski definition) is 1. The molecule has 0 saturated heterocycles. The van der Waals surface area contributed by atoms with E-state index in [9.17, 15) is 0 Å². The maximum atomic E-state index is 5.47. The van der Waals surface area contributed by atoms with Crippen LogP contribution in [0.3, 0.4) is 0 Å². The average molecular weight is 257 g/mol. The van der Waals surface area contributed by atoms with Crippen LogP contribution in [0.2, 0.25) is 0 Å². The molecular weight excluding hydrogens is 234 g/mol. The van der Waals surface area contributed by atoms with Crippen molar-refractivity contribution < 1.29 is 4.42 Å². The van der Waals surface area contributed by atoms with E-state index in [-0.39, 0.29) is 6.04 Å². The fraction of sp³-hybridized carbons (Fsp3) is 0.412. The monoisotopic (exact) mass is 257 g/mol. The quantitative estimate of drug-likeness (QED) is 0.864. The summed E-state index contributed by atoms with van der Waals surface area (Å²) in [5.41, 5.74) is 5.17. The van der Waals surface area contributed by atoms with E-state index < -0.39 is 0 Å². The van der Waals surface area contributed by atoms with Crippen molar-refractivity contribution in [3.8, 4) is 0 Å². The zero-order valence-electron chi connectivity index (χ0n) is 12.3. The highest BCUT2D eigenvalue weighted by Gasteiger charge is 2.17. The van der Waals surface area contributed by atoms with Gasteiger partial charge in [0.2, 0.25) is 0 Å². The summed E-state index contributed by atoms with van der Waals surface area (Å²) >= 11 is 0. The molecule has 2 aromatic rings. The number of rotatable bonds is 5. The molecule has 102 valence electrons. The summed E-state index contributed by atoms with van der Waals surface area (Å²) in [4.78, 5) is 0. The van der Waals surface area contributed by atoms with Crippen molar-refractivity contribution in [3.63, 3.8) is 0 Å². The lowest BCUT2D eigenvalue weighted by molar-refractivity contribution is 0.523. The summed E-state index contributed by atoms with van der Waals surface area (Å²) in [5.74, 6) is 0.961. The van der Waals surface area contributed by atoms with Crippen molar-refractivity contribution in [2.45, 2.75) is 40.2 Å². The van der Waals surface area contributed by atoms with Gasteiger partial charge in [-0.05, 0) is 50.9 Å². The molecule has 1 aromatic heterocycles. The van der Waals surface area contributed by atoms with Gasteiger partial charge in [-0.15, -0.1) is 0 Å². The number of hydrogen-bond acceptors (Lipinski definition) is 2. The Balaban J connectivity index is 2.36. The van der Waals surface area contributed by atoms with E-state index >= 15 is 0 Å². The van der Waals surface area contributed by atoms with E-state index in [0.29, 0.717) is 0 Å². The third-order valence-corrected chi connectivity index (χ3v) is 3.42. The number of furan rings is 1. The number of nitrogens with one attached hydrogen (secondary N) is 1. The molecule has 2 heteroatoms. The van der Waals surface area contributed by atoms with Gasteiger partial charge in [0.05, 0.1) is 12.3 Å². The predicted octanol–water partition coefficient (Wildman–Crippen LogP) is 4.29. The first-order valence-electron chi connectivity index (χ1n) is 6.97. The van der Waals surface area contributed by atoms with Gasteiger partial charge >= 0.3 is 0 Å². The summed E-state index contributed by atoms with van der Waals surface area (Å²) in [5, 5.41) is 3.62. The lowest BCUT2D eigenvalue weighted by atomic mass is 9.95. The van der Waals surface area contributed by atoms with Gasteiger partial charge in [-0.25, -0.2) is 0 Å². The van der Waals surface area contributed by atoms with Crippen LogP contribution in [0, 0.1) is 20.8 Å². The second-order valence-corrected chi connectivity index (χ2v) is 5.24. The highest BCUT2D eigenvalue weighted by Crippen LogP contribution is 2.27. The highest BCUT2D eigenvalue weighted by atomic mass is 16.3. The zero-order chi connectivity index (χ0) is 13.8. The number of aryl methyl sites for hydroxylation is 3. The molecule has 0 aliphatic rings. The first-order valence-corrected chi connectivity index (χ1v) is 6.97. The molecular formula is C17H23NO. The molecule has 2 nitrogen and oxygen atoms in total. The fourth-order valence-corrected chi connectivity index (χ4v) is 2.46. The van der Waals surface area contributed by atoms with E-state index in [1.807, 2.05) is 13.2 Å². The van der Waals surface area contributed by atoms with Crippen molar-refractivity contribution >= 4 is 0 Å². The maximum absolute atomic E-state index is 5.47. The molecule has 2 rings (SSSR count). The topological polar surface area (TPSA) is 25.2 Å². The first kappa shape index (κ1) is 13.9. The lowest BCUT2D eigenvalue weighted by Crippen LogP contribution is -2.23. The summed E-state index contributed by atoms with van der Waals surface area (Å²) in [6.07, 6.45) is 2.99. The molecule has 1 unspecified atom stereocenters. The van der Waals surface area contributed by atoms with E-state index in [1.54, 1.807) is 0 Å². The van der Waals surface area contributed by atoms with Crippen molar-refractivity contribution in [2.75, 3.05) is 6.54 Å². The van der Waals surface area contributed by atoms with Crippen molar-refractivity contribution in [1.29, 1.82) is 0 Å². The Kier molecular flexibility index (Phi) is 4.43. The molecule has 1 aromatic carbocycles. The second-order valence-electron chi connectivity index (χ2n) is 5.24. The smallest absolute Gasteiger partial charge is 0.101 e. The first-order chi connectivity index (χ1) is 9.11. The van der Waals surface area contributed by atoms with Crippen LogP contribution in [-0.2, 0) is 0 Å². The molecule has 1 atom stereocenters. The van der Waals surface area contributed by atoms with Crippen LogP contribution in [0.1, 0.15) is 47.4 Å². The standard InChI is InChI=1S/C17H23NO/c1-5-8-18-17(15-10-14(4)19-11-15)16-7-6-12(2)9-13(16)3/h6-7,9-11,17-18H,5,8H2,1-4H3. The van der Waals surface area contributed by atoms with Gasteiger partial charge in [0.15, 0.2) is 0 Å². The van der Waals surface area contributed by atoms with Gasteiger partial charge < -0.3 is 9.73 Å². The molecule has 0 radical (unpaired) electrons. The van der Waals surface area contributed by atoms with Gasteiger partial charge in [-0.3, -0.25) is 0 Å². The Morgan fingerprint density at radius 1 is 1.16 bits per heavy atom. The third kappa shape index (κ3) is 3.27. The Bertz CT molecular complexity index is 542. The minimum absolute atomic E-state index is 0.220. The second kappa shape index (κ2) is 6.07. The fourth-order valence-electron chi connectivity index (χ4n) is 2.46. The van der Waals surface area contributed by atoms with Crippen molar-refractivity contribution in [1.82, 2.24) is 5.32 Å². The Morgan fingerprint density at radius 2 is 1.95 bits per heavy atom. The van der Waals surface area contributed by atoms with Gasteiger partial charge in [-0.1, -0.05) is 30.7 Å². The van der Waals surface area contributed by atoms with Gasteiger partial charge in [0.1, 0.15) is 5.76 Å². The molecule has 1 heterocycles. The normalized spacial score (nSPS) is 12.6. The Labute approximate surface area is 115 Å². The van der Waals surface area contributed by atoms with Gasteiger partial charge in [0, 0.05) is 5.56 Å². The predicted molar refractivity (Wildman–Crippen MR) is 79.5 cm³/mol. The number of benzene rings is 1. The molecule has 0 aliphatic heterocycles. The average Bonchev–Trinajstić information content (AvgIpc) is 2.78. The van der Waals surface area contributed by atoms with E-state index in [1.165, 1.54) is 22.3 Å². The summed E-state index contributed by atoms with van der Waals surface area (Å²) in [7, 11) is 0. The maximum Gasteiger partial charge on any atom is 0.101 e. The van der Waals surface area contributed by atoms with Gasteiger partial charge in [0.25, 0.3) is 0 Å². The van der Waals surface area contributed by atoms with Crippen LogP contribution in [0.4, 0.5) is 0 Å². The van der Waals surface area contributed by atoms with E-state index in [0.717, 1.165) is 18.7 Å². The molecule has 0 spiro atoms. The molecule has 1 N–H and O–H groups in total. The van der Waals surface area contributed by atoms with Crippen molar-refractivity contribution in [3.05, 3.63) is 58.5 Å². The Morgan fingerprint density at radius 3 is 2.53 bits per heavy atom. The third-order valence-electron chi connectivity index (χ3n) is 3.42. The minimum Gasteiger partial charge on any atom is -0.469 e. The highest BCUT2D eigenvalue weighted by molar-refractivity contribution is 5.38. The summed E-state index contributed by atoms with van der Waals surface area (Å²) in [6, 6.07) is 8.98. The molecule has 0 aliphatic carbocycles. The molecule has 0 saturated carbocycles. The Hall–Kier alpha value is -1.54. The van der Waals surface area contributed by atoms with Crippen LogP contribution >= 0.6 is 0 Å². The molecule has 19 heavy (non-hydrogen) atoms. The van der Waals surface area contributed by atoms with E-state index in [4.69, 9.17) is 4.42 Å². The van der Waals surface area contributed by atoms with Crippen LogP contribution < -0.4 is 5.32 Å². The SMILES string of the molecule is CCCNC(c1coc(C)c1)c1ccc(C)cc1C. The largest absolute Gasteiger partial charge is 0.469 e. The van der Waals surface area contributed by atoms with E-state index in [2.05, 4.69) is 50.4 Å². The summed E-state index contributed by atoms with van der Waals surface area (Å²) in [6.45, 7) is 9.49. The zero-order valence-corrected chi connectivity index (χ0v) is 12.3.